The minimum atomic E-state index is -0.232. The predicted octanol–water partition coefficient (Wildman–Crippen LogP) is 3.38. The van der Waals surface area contributed by atoms with E-state index in [9.17, 15) is 4.79 Å². The molecule has 0 heterocycles. The number of hydrogen-bond acceptors (Lipinski definition) is 2. The van der Waals surface area contributed by atoms with Gasteiger partial charge in [0.05, 0.1) is 0 Å². The van der Waals surface area contributed by atoms with Gasteiger partial charge >= 0.3 is 140 Å². The Morgan fingerprint density at radius 1 is 1.14 bits per heavy atom. The molecular weight excluding hydrogens is 395 g/mol. The molecule has 0 aliphatic rings. The number of carbonyl (C=O) groups is 1. The summed E-state index contributed by atoms with van der Waals surface area (Å²) in [6, 6.07) is 17.9. The van der Waals surface area contributed by atoms with E-state index >= 15 is 0 Å². The molecule has 0 radical (unpaired) electrons. The molecule has 0 atom stereocenters. The molecule has 4 heteroatoms. The number of benzene rings is 2. The Bertz CT molecular complexity index is 621. The van der Waals surface area contributed by atoms with Crippen LogP contribution in [0.4, 0.5) is 0 Å². The van der Waals surface area contributed by atoms with E-state index in [1.54, 1.807) is 0 Å². The molecule has 0 aliphatic carbocycles. The standard InChI is InChI=1S/C17H15BrO2Se/c1-2-20-17(19)16(21-15-6-4-3-5-7-15)12-13-8-10-14(18)11-9-13/h3-12H,2H2,1H3/b16-12-. The van der Waals surface area contributed by atoms with E-state index < -0.39 is 0 Å². The molecule has 0 amide bonds. The Hall–Kier alpha value is -1.35. The van der Waals surface area contributed by atoms with Crippen molar-refractivity contribution in [2.75, 3.05) is 6.61 Å². The Kier molecular flexibility index (Phi) is 6.24. The third-order valence-electron chi connectivity index (χ3n) is 2.62. The topological polar surface area (TPSA) is 26.3 Å². The number of ether oxygens (including phenoxy) is 1. The van der Waals surface area contributed by atoms with Crippen molar-refractivity contribution in [1.82, 2.24) is 0 Å². The molecule has 0 saturated heterocycles. The predicted molar refractivity (Wildman–Crippen MR) is 90.6 cm³/mol. The molecular formula is C17H15BrO2Se. The van der Waals surface area contributed by atoms with Crippen LogP contribution in [0.25, 0.3) is 6.08 Å². The first-order chi connectivity index (χ1) is 10.2. The van der Waals surface area contributed by atoms with Crippen LogP contribution in [0, 0.1) is 0 Å². The molecule has 0 N–H and O–H groups in total. The van der Waals surface area contributed by atoms with Gasteiger partial charge in [0.2, 0.25) is 0 Å². The molecule has 2 rings (SSSR count). The van der Waals surface area contributed by atoms with Gasteiger partial charge in [0, 0.05) is 0 Å². The van der Waals surface area contributed by atoms with Crippen molar-refractivity contribution in [3.63, 3.8) is 0 Å². The zero-order valence-corrected chi connectivity index (χ0v) is 14.9. The summed E-state index contributed by atoms with van der Waals surface area (Å²) in [5, 5.41) is 0. The van der Waals surface area contributed by atoms with Gasteiger partial charge in [0.15, 0.2) is 0 Å². The summed E-state index contributed by atoms with van der Waals surface area (Å²) in [6.45, 7) is 2.21. The summed E-state index contributed by atoms with van der Waals surface area (Å²) in [7, 11) is 0. The van der Waals surface area contributed by atoms with Gasteiger partial charge in [-0.3, -0.25) is 0 Å². The molecule has 108 valence electrons. The van der Waals surface area contributed by atoms with Crippen LogP contribution in [0.5, 0.6) is 0 Å². The van der Waals surface area contributed by atoms with Gasteiger partial charge in [0.1, 0.15) is 0 Å². The number of carbonyl (C=O) groups excluding carboxylic acids is 1. The molecule has 0 saturated carbocycles. The molecule has 2 nitrogen and oxygen atoms in total. The molecule has 0 bridgehead atoms. The first kappa shape index (κ1) is 16.0. The van der Waals surface area contributed by atoms with Gasteiger partial charge < -0.3 is 0 Å². The molecule has 0 aliphatic heterocycles. The van der Waals surface area contributed by atoms with Crippen molar-refractivity contribution in [2.24, 2.45) is 0 Å². The van der Waals surface area contributed by atoms with Gasteiger partial charge in [-0.15, -0.1) is 0 Å². The van der Waals surface area contributed by atoms with Gasteiger partial charge in [0.25, 0.3) is 0 Å². The van der Waals surface area contributed by atoms with Crippen LogP contribution < -0.4 is 4.46 Å². The van der Waals surface area contributed by atoms with Gasteiger partial charge in [-0.2, -0.15) is 0 Å². The van der Waals surface area contributed by atoms with Crippen molar-refractivity contribution in [3.05, 3.63) is 69.1 Å². The third kappa shape index (κ3) is 5.16. The first-order valence-electron chi connectivity index (χ1n) is 6.56. The summed E-state index contributed by atoms with van der Waals surface area (Å²) in [5.41, 5.74) is 0.999. The van der Waals surface area contributed by atoms with Gasteiger partial charge in [-0.1, -0.05) is 0 Å². The zero-order chi connectivity index (χ0) is 15.1. The monoisotopic (exact) mass is 410 g/mol. The molecule has 2 aromatic carbocycles. The fourth-order valence-electron chi connectivity index (χ4n) is 1.66. The summed E-state index contributed by atoms with van der Waals surface area (Å²) in [4.78, 5) is 12.1. The normalized spacial score (nSPS) is 11.2. The van der Waals surface area contributed by atoms with Gasteiger partial charge in [-0.05, 0) is 0 Å². The van der Waals surface area contributed by atoms with Crippen molar-refractivity contribution in [2.45, 2.75) is 6.92 Å². The van der Waals surface area contributed by atoms with E-state index in [4.69, 9.17) is 4.74 Å². The van der Waals surface area contributed by atoms with E-state index in [1.807, 2.05) is 67.6 Å². The van der Waals surface area contributed by atoms with Crippen LogP contribution in [0.15, 0.2) is 63.5 Å². The second-order valence-electron chi connectivity index (χ2n) is 4.20. The first-order valence-corrected chi connectivity index (χ1v) is 9.07. The Morgan fingerprint density at radius 2 is 1.81 bits per heavy atom. The van der Waals surface area contributed by atoms with E-state index in [-0.39, 0.29) is 20.9 Å². The molecule has 0 fully saturated rings. The SMILES string of the molecule is CCOC(=O)/C(=C/c1ccc(Br)cc1)[Se]c1ccccc1. The van der Waals surface area contributed by atoms with E-state index in [1.165, 1.54) is 0 Å². The second kappa shape index (κ2) is 8.18. The summed E-state index contributed by atoms with van der Waals surface area (Å²) >= 11 is 3.34. The Morgan fingerprint density at radius 3 is 2.43 bits per heavy atom. The Balaban J connectivity index is 2.27. The maximum atomic E-state index is 12.1. The fraction of sp³-hybridized carbons (Fsp3) is 0.118. The van der Waals surface area contributed by atoms with Crippen LogP contribution >= 0.6 is 15.9 Å². The van der Waals surface area contributed by atoms with Crippen LogP contribution in [0.1, 0.15) is 12.5 Å². The average Bonchev–Trinajstić information content (AvgIpc) is 2.50. The maximum absolute atomic E-state index is 12.1. The van der Waals surface area contributed by atoms with E-state index in [2.05, 4.69) is 15.9 Å². The van der Waals surface area contributed by atoms with Crippen LogP contribution in [-0.2, 0) is 9.53 Å². The second-order valence-corrected chi connectivity index (χ2v) is 7.45. The molecule has 2 aromatic rings. The number of esters is 1. The summed E-state index contributed by atoms with van der Waals surface area (Å²) < 4.78 is 8.07. The number of hydrogen-bond donors (Lipinski definition) is 0. The number of halogens is 1. The molecule has 0 unspecified atom stereocenters. The van der Waals surface area contributed by atoms with Crippen molar-refractivity contribution < 1.29 is 9.53 Å². The van der Waals surface area contributed by atoms with Crippen LogP contribution in [-0.4, -0.2) is 27.5 Å². The molecule has 21 heavy (non-hydrogen) atoms. The zero-order valence-electron chi connectivity index (χ0n) is 11.6. The quantitative estimate of drug-likeness (QED) is 0.429. The average molecular weight is 410 g/mol. The molecule has 0 spiro atoms. The summed E-state index contributed by atoms with van der Waals surface area (Å²) in [5.74, 6) is -0.232. The fourth-order valence-corrected chi connectivity index (χ4v) is 3.78. The van der Waals surface area contributed by atoms with E-state index in [0.717, 1.165) is 19.0 Å². The van der Waals surface area contributed by atoms with Gasteiger partial charge in [-0.25, -0.2) is 0 Å². The number of rotatable bonds is 5. The van der Waals surface area contributed by atoms with E-state index in [0.29, 0.717) is 6.61 Å². The van der Waals surface area contributed by atoms with Crippen molar-refractivity contribution in [1.29, 1.82) is 0 Å². The van der Waals surface area contributed by atoms with Crippen LogP contribution in [0.2, 0.25) is 0 Å². The van der Waals surface area contributed by atoms with Crippen molar-refractivity contribution in [3.8, 4) is 0 Å². The summed E-state index contributed by atoms with van der Waals surface area (Å²) in [6.07, 6.45) is 1.91. The van der Waals surface area contributed by atoms with Crippen LogP contribution in [0.3, 0.4) is 0 Å². The minimum absolute atomic E-state index is 0.0689. The Labute approximate surface area is 139 Å². The molecule has 0 aromatic heterocycles. The van der Waals surface area contributed by atoms with Crippen molar-refractivity contribution >= 4 is 47.4 Å². The third-order valence-corrected chi connectivity index (χ3v) is 5.27.